The maximum Gasteiger partial charge on any atom is 0.334 e. The smallest absolute Gasteiger partial charge is 0.334 e. The van der Waals surface area contributed by atoms with Crippen molar-refractivity contribution >= 4 is 5.97 Å². The van der Waals surface area contributed by atoms with E-state index in [2.05, 4.69) is 0 Å². The van der Waals surface area contributed by atoms with Gasteiger partial charge in [-0.1, -0.05) is 6.92 Å². The van der Waals surface area contributed by atoms with Crippen LogP contribution >= 0.6 is 0 Å². The Bertz CT molecular complexity index is 201. The minimum absolute atomic E-state index is 0.348. The van der Waals surface area contributed by atoms with E-state index in [0.29, 0.717) is 12.2 Å². The predicted molar refractivity (Wildman–Crippen MR) is 40.6 cm³/mol. The van der Waals surface area contributed by atoms with Gasteiger partial charge in [-0.3, -0.25) is 0 Å². The van der Waals surface area contributed by atoms with Crippen LogP contribution in [0.1, 0.15) is 20.3 Å². The molecule has 0 atom stereocenters. The SMILES string of the molecule is CCCOC(=O)C(C)=CC#N. The van der Waals surface area contributed by atoms with Gasteiger partial charge in [0.1, 0.15) is 0 Å². The van der Waals surface area contributed by atoms with Crippen LogP contribution in [0.3, 0.4) is 0 Å². The zero-order chi connectivity index (χ0) is 8.69. The Balaban J connectivity index is 3.86. The maximum atomic E-state index is 10.9. The number of hydrogen-bond donors (Lipinski definition) is 0. The van der Waals surface area contributed by atoms with Gasteiger partial charge in [-0.15, -0.1) is 0 Å². The molecule has 3 heteroatoms. The molecule has 0 heterocycles. The summed E-state index contributed by atoms with van der Waals surface area (Å²) in [5.41, 5.74) is 0.348. The molecule has 0 unspecified atom stereocenters. The number of carbonyl (C=O) groups excluding carboxylic acids is 1. The molecule has 0 rings (SSSR count). The van der Waals surface area contributed by atoms with Gasteiger partial charge in [-0.2, -0.15) is 5.26 Å². The summed E-state index contributed by atoms with van der Waals surface area (Å²) in [6, 6.07) is 1.76. The monoisotopic (exact) mass is 153 g/mol. The highest BCUT2D eigenvalue weighted by molar-refractivity contribution is 5.88. The van der Waals surface area contributed by atoms with Crippen molar-refractivity contribution in [1.29, 1.82) is 5.26 Å². The molecule has 0 spiro atoms. The van der Waals surface area contributed by atoms with Crippen molar-refractivity contribution in [2.24, 2.45) is 0 Å². The average Bonchev–Trinajstić information content (AvgIpc) is 2.00. The van der Waals surface area contributed by atoms with Crippen molar-refractivity contribution in [2.45, 2.75) is 20.3 Å². The Morgan fingerprint density at radius 1 is 1.73 bits per heavy atom. The molecule has 0 aromatic rings. The molecule has 0 fully saturated rings. The van der Waals surface area contributed by atoms with E-state index in [1.807, 2.05) is 6.92 Å². The number of rotatable bonds is 3. The maximum absolute atomic E-state index is 10.9. The summed E-state index contributed by atoms with van der Waals surface area (Å²) in [4.78, 5) is 10.9. The van der Waals surface area contributed by atoms with Crippen LogP contribution in [-0.2, 0) is 9.53 Å². The van der Waals surface area contributed by atoms with E-state index in [9.17, 15) is 4.79 Å². The first kappa shape index (κ1) is 9.70. The number of carbonyl (C=O) groups is 1. The quantitative estimate of drug-likeness (QED) is 0.350. The summed E-state index contributed by atoms with van der Waals surface area (Å²) >= 11 is 0. The second-order valence-corrected chi connectivity index (χ2v) is 2.09. The first-order valence-corrected chi connectivity index (χ1v) is 3.45. The lowest BCUT2D eigenvalue weighted by molar-refractivity contribution is -0.138. The van der Waals surface area contributed by atoms with Gasteiger partial charge >= 0.3 is 5.97 Å². The van der Waals surface area contributed by atoms with Crippen molar-refractivity contribution in [3.05, 3.63) is 11.6 Å². The minimum Gasteiger partial charge on any atom is -0.462 e. The second kappa shape index (κ2) is 5.48. The topological polar surface area (TPSA) is 50.1 Å². The summed E-state index contributed by atoms with van der Waals surface area (Å²) < 4.78 is 4.75. The van der Waals surface area contributed by atoms with Gasteiger partial charge in [0.15, 0.2) is 0 Å². The Labute approximate surface area is 66.3 Å². The highest BCUT2D eigenvalue weighted by Gasteiger charge is 2.02. The zero-order valence-electron chi connectivity index (χ0n) is 6.76. The Morgan fingerprint density at radius 2 is 2.36 bits per heavy atom. The van der Waals surface area contributed by atoms with Crippen LogP contribution in [0.2, 0.25) is 0 Å². The molecule has 0 amide bonds. The van der Waals surface area contributed by atoms with E-state index in [1.165, 1.54) is 6.08 Å². The largest absolute Gasteiger partial charge is 0.462 e. The van der Waals surface area contributed by atoms with Crippen LogP contribution < -0.4 is 0 Å². The Hall–Kier alpha value is -1.30. The predicted octanol–water partition coefficient (Wildman–Crippen LogP) is 1.41. The standard InChI is InChI=1S/C8H11NO2/c1-3-6-11-8(10)7(2)4-5-9/h4H,3,6H2,1-2H3. The third-order valence-corrected chi connectivity index (χ3v) is 1.04. The van der Waals surface area contributed by atoms with E-state index in [4.69, 9.17) is 10.00 Å². The molecule has 0 saturated heterocycles. The van der Waals surface area contributed by atoms with E-state index in [0.717, 1.165) is 6.42 Å². The van der Waals surface area contributed by atoms with E-state index < -0.39 is 5.97 Å². The molecule has 0 aromatic heterocycles. The summed E-state index contributed by atoms with van der Waals surface area (Å²) in [5, 5.41) is 8.18. The zero-order valence-corrected chi connectivity index (χ0v) is 6.76. The normalized spacial score (nSPS) is 10.5. The number of esters is 1. The van der Waals surface area contributed by atoms with Crippen LogP contribution in [0.15, 0.2) is 11.6 Å². The van der Waals surface area contributed by atoms with Crippen molar-refractivity contribution < 1.29 is 9.53 Å². The number of hydrogen-bond acceptors (Lipinski definition) is 3. The molecule has 0 saturated carbocycles. The summed E-state index contributed by atoms with van der Waals surface area (Å²) in [7, 11) is 0. The Kier molecular flexibility index (Phi) is 4.83. The number of allylic oxidation sites excluding steroid dienone is 1. The first-order valence-electron chi connectivity index (χ1n) is 3.45. The van der Waals surface area contributed by atoms with E-state index in [-0.39, 0.29) is 0 Å². The highest BCUT2D eigenvalue weighted by atomic mass is 16.5. The first-order chi connectivity index (χ1) is 5.22. The lowest BCUT2D eigenvalue weighted by atomic mass is 10.3. The lowest BCUT2D eigenvalue weighted by Crippen LogP contribution is -2.05. The molecule has 0 aliphatic rings. The van der Waals surface area contributed by atoms with Gasteiger partial charge in [0.2, 0.25) is 0 Å². The molecular weight excluding hydrogens is 142 g/mol. The van der Waals surface area contributed by atoms with Crippen LogP contribution in [-0.4, -0.2) is 12.6 Å². The minimum atomic E-state index is -0.409. The molecule has 0 radical (unpaired) electrons. The molecule has 0 aliphatic carbocycles. The van der Waals surface area contributed by atoms with Crippen LogP contribution in [0.5, 0.6) is 0 Å². The third-order valence-electron chi connectivity index (χ3n) is 1.04. The fourth-order valence-electron chi connectivity index (χ4n) is 0.464. The van der Waals surface area contributed by atoms with E-state index >= 15 is 0 Å². The van der Waals surface area contributed by atoms with Crippen LogP contribution in [0, 0.1) is 11.3 Å². The van der Waals surface area contributed by atoms with Crippen molar-refractivity contribution in [2.75, 3.05) is 6.61 Å². The molecular formula is C8H11NO2. The van der Waals surface area contributed by atoms with Crippen molar-refractivity contribution in [3.8, 4) is 6.07 Å². The fourth-order valence-corrected chi connectivity index (χ4v) is 0.464. The molecule has 0 bridgehead atoms. The van der Waals surface area contributed by atoms with Gasteiger partial charge < -0.3 is 4.74 Å². The van der Waals surface area contributed by atoms with Crippen LogP contribution in [0.25, 0.3) is 0 Å². The lowest BCUT2D eigenvalue weighted by Gasteiger charge is -2.00. The van der Waals surface area contributed by atoms with Crippen molar-refractivity contribution in [1.82, 2.24) is 0 Å². The number of nitrogens with zero attached hydrogens (tertiary/aromatic N) is 1. The molecule has 3 nitrogen and oxygen atoms in total. The molecule has 11 heavy (non-hydrogen) atoms. The van der Waals surface area contributed by atoms with Crippen molar-refractivity contribution in [3.63, 3.8) is 0 Å². The highest BCUT2D eigenvalue weighted by Crippen LogP contribution is 1.95. The average molecular weight is 153 g/mol. The molecule has 0 aliphatic heterocycles. The van der Waals surface area contributed by atoms with Gasteiger partial charge in [0.05, 0.1) is 12.7 Å². The molecule has 0 N–H and O–H groups in total. The van der Waals surface area contributed by atoms with Gasteiger partial charge in [0.25, 0.3) is 0 Å². The number of nitriles is 1. The molecule has 0 aromatic carbocycles. The van der Waals surface area contributed by atoms with E-state index in [1.54, 1.807) is 13.0 Å². The second-order valence-electron chi connectivity index (χ2n) is 2.09. The van der Waals surface area contributed by atoms with Gasteiger partial charge in [-0.05, 0) is 13.3 Å². The fraction of sp³-hybridized carbons (Fsp3) is 0.500. The summed E-state index contributed by atoms with van der Waals surface area (Å²) in [5.74, 6) is -0.409. The molecule has 60 valence electrons. The Morgan fingerprint density at radius 3 is 2.82 bits per heavy atom. The number of ether oxygens (including phenoxy) is 1. The summed E-state index contributed by atoms with van der Waals surface area (Å²) in [6.45, 7) is 3.88. The summed E-state index contributed by atoms with van der Waals surface area (Å²) in [6.07, 6.45) is 1.98. The van der Waals surface area contributed by atoms with Gasteiger partial charge in [-0.25, -0.2) is 4.79 Å². The van der Waals surface area contributed by atoms with Gasteiger partial charge in [0, 0.05) is 11.6 Å². The van der Waals surface area contributed by atoms with Crippen LogP contribution in [0.4, 0.5) is 0 Å². The third kappa shape index (κ3) is 4.15.